The third-order valence-electron chi connectivity index (χ3n) is 17.0. The van der Waals surface area contributed by atoms with Crippen molar-refractivity contribution < 1.29 is 96.2 Å². The number of thiocarbonyl (C=S) groups is 4. The Bertz CT molecular complexity index is 6210. The summed E-state index contributed by atoms with van der Waals surface area (Å²) in [4.78, 5) is 51.4. The first kappa shape index (κ1) is 95.7. The number of rotatable bonds is 30. The van der Waals surface area contributed by atoms with E-state index in [9.17, 15) is 91.5 Å². The number of anilines is 6. The minimum absolute atomic E-state index is 0.0220. The molecule has 0 saturated carbocycles. The molecule has 4 amide bonds. The first-order chi connectivity index (χ1) is 59.1. The van der Waals surface area contributed by atoms with Crippen molar-refractivity contribution in [2.24, 2.45) is 10.2 Å². The van der Waals surface area contributed by atoms with E-state index in [1.165, 1.54) is 48.5 Å². The first-order valence-electron chi connectivity index (χ1n) is 35.2. The van der Waals surface area contributed by atoms with Crippen molar-refractivity contribution in [3.63, 3.8) is 0 Å². The Morgan fingerprint density at radius 3 is 0.976 bits per heavy atom. The maximum absolute atomic E-state index is 13.7. The number of hydrazine groups is 2. The molecular formula is C76H62Br4N16O21S8-4. The molecule has 10 aromatic carbocycles. The van der Waals surface area contributed by atoms with Gasteiger partial charge in [-0.05, 0) is 241 Å². The average Bonchev–Trinajstić information content (AvgIpc) is 0.807. The Morgan fingerprint density at radius 1 is 0.368 bits per heavy atom. The lowest BCUT2D eigenvalue weighted by Crippen LogP contribution is -2.54. The van der Waals surface area contributed by atoms with Crippen LogP contribution in [0.3, 0.4) is 0 Å². The monoisotopic (exact) mass is 2110 g/mol. The fourth-order valence-corrected chi connectivity index (χ4v) is 17.0. The van der Waals surface area contributed by atoms with Crippen molar-refractivity contribution in [3.8, 4) is 23.0 Å². The van der Waals surface area contributed by atoms with E-state index in [0.717, 1.165) is 94.7 Å². The molecule has 37 nitrogen and oxygen atoms in total. The summed E-state index contributed by atoms with van der Waals surface area (Å²) < 4.78 is 157. The highest BCUT2D eigenvalue weighted by molar-refractivity contribution is 9.11. The zero-order valence-corrected chi connectivity index (χ0v) is 75.9. The minimum atomic E-state index is -5.30. The number of carbonyl (C=O) groups excluding carboxylic acids is 4. The van der Waals surface area contributed by atoms with Crippen LogP contribution < -0.4 is 75.1 Å². The normalized spacial score (nSPS) is 12.3. The molecule has 0 aliphatic rings. The van der Waals surface area contributed by atoms with Crippen LogP contribution in [0.5, 0.6) is 23.0 Å². The fourth-order valence-electron chi connectivity index (χ4n) is 11.1. The van der Waals surface area contributed by atoms with Crippen LogP contribution in [-0.4, -0.2) is 167 Å². The highest BCUT2D eigenvalue weighted by Gasteiger charge is 2.30. The molecule has 10 rings (SSSR count). The zero-order valence-electron chi connectivity index (χ0n) is 63.0. The van der Waals surface area contributed by atoms with Gasteiger partial charge in [0, 0.05) is 58.3 Å². The number of nitrogens with zero attached hydrogens (tertiary/aromatic N) is 2. The second-order valence-corrected chi connectivity index (χ2v) is 36.0. The summed E-state index contributed by atoms with van der Waals surface area (Å²) in [6.45, 7) is 0.208. The van der Waals surface area contributed by atoms with Crippen LogP contribution in [0.25, 0.3) is 45.8 Å². The van der Waals surface area contributed by atoms with E-state index < -0.39 is 107 Å². The Morgan fingerprint density at radius 2 is 0.664 bits per heavy atom. The van der Waals surface area contributed by atoms with Gasteiger partial charge < -0.3 is 85.9 Å². The lowest BCUT2D eigenvalue weighted by molar-refractivity contribution is -0.132. The summed E-state index contributed by atoms with van der Waals surface area (Å²) in [5, 5.41) is 73.2. The summed E-state index contributed by atoms with van der Waals surface area (Å²) in [5.74, 6) is -5.50. The SMILES string of the molecule is O=C(N/N=C/c1cc(Br)c(O)c(Br)c1O)C(Nc1ccc2ccccc2c1)C(=O)NNC(=S)Nc1ccc(/C=C/c2ccc(NC(=S)NCCOCCNC(=S)Nc3ccc(/C=C/c4ccc(NC(=S)NNC(=O)C(Nc5ccc6ccccc6c5)C(=O)N/N=C/c5cc(Br)c(O)c(Br)c5O)cc4S(=O)(=O)[O-])c(S(=O)(=O)[O-])c3)cc2S(=O)(=O)[O-])c(S(=O)(=O)[O-])c1. The van der Waals surface area contributed by atoms with Crippen molar-refractivity contribution in [1.82, 2.24) is 43.2 Å². The van der Waals surface area contributed by atoms with Gasteiger partial charge in [0.15, 0.2) is 32.5 Å². The van der Waals surface area contributed by atoms with Gasteiger partial charge in [-0.3, -0.25) is 40.9 Å². The molecular weight excluding hydrogens is 2050 g/mol. The number of nitrogens with one attached hydrogen (secondary N) is 14. The second-order valence-electron chi connectivity index (χ2n) is 25.7. The first-order valence-corrected chi connectivity index (χ1v) is 45.7. The quantitative estimate of drug-likeness (QED) is 0.00379. The molecule has 0 radical (unpaired) electrons. The predicted molar refractivity (Wildman–Crippen MR) is 494 cm³/mol. The number of ether oxygens (including phenoxy) is 1. The minimum Gasteiger partial charge on any atom is -0.744 e. The standard InChI is InChI=1S/C76H66Br4N16O21S8/c77-55-31-47(65(97)61(79)67(55)99)37-83-91-69(101)63(85-49-19-13-39-5-1-3-7-45(39)29-49)71(103)93-95-75(120)89-53-23-17-43(59(35-53)124(111,112)113)11-9-41-15-21-51(33-57(41)122(105,106)107)87-73(118)81-25-27-117-28-26-82-74(119)88-52-22-16-42(58(34-52)123(108,109)110)10-12-44-18-24-54(36-60(44)125(114,115)116)90-76(121)96-94-72(104)64(86-50-20-14-40-6-2-4-8-46(40)30-50)70(102)92-84-38-48-32-56(78)68(100)62(80)66(48)98/h1-24,29-38,63-64,85-86,97-100H,25-28H2,(H,91,101)(H,92,102)(H,93,103)(H,94,104)(H2,81,87,118)(H2,82,88,119)(H2,89,95,120)(H2,90,96,121)(H,105,106,107)(H,108,109,110)(H,111,112,113)(H,114,115,116)/p-4/b11-9+,12-10+,83-37+,84-38+. The van der Waals surface area contributed by atoms with Gasteiger partial charge in [0.25, 0.3) is 23.6 Å². The number of carbonyl (C=O) groups is 4. The van der Waals surface area contributed by atoms with Gasteiger partial charge >= 0.3 is 0 Å². The molecule has 0 aromatic heterocycles. The van der Waals surface area contributed by atoms with E-state index in [-0.39, 0.29) is 132 Å². The van der Waals surface area contributed by atoms with Crippen LogP contribution in [-0.2, 0) is 64.4 Å². The molecule has 652 valence electrons. The number of hydrogen-bond donors (Lipinski definition) is 18. The third-order valence-corrected chi connectivity index (χ3v) is 24.2. The number of benzene rings is 10. The summed E-state index contributed by atoms with van der Waals surface area (Å²) in [5.41, 5.74) is 13.4. The largest absolute Gasteiger partial charge is 0.744 e. The molecule has 2 unspecified atom stereocenters. The van der Waals surface area contributed by atoms with Crippen LogP contribution in [0.4, 0.5) is 34.1 Å². The highest BCUT2D eigenvalue weighted by Crippen LogP contribution is 2.42. The molecule has 18 N–H and O–H groups in total. The number of amides is 4. The Hall–Kier alpha value is -11.5. The lowest BCUT2D eigenvalue weighted by Gasteiger charge is -2.20. The van der Waals surface area contributed by atoms with Crippen LogP contribution in [0, 0.1) is 0 Å². The second kappa shape index (κ2) is 42.5. The van der Waals surface area contributed by atoms with Crippen LogP contribution >= 0.6 is 113 Å². The molecule has 10 aromatic rings. The molecule has 0 spiro atoms. The Labute approximate surface area is 766 Å². The average molecular weight is 2110 g/mol. The number of hydrogen-bond acceptors (Lipinski definition) is 29. The molecule has 125 heavy (non-hydrogen) atoms. The van der Waals surface area contributed by atoms with E-state index in [0.29, 0.717) is 11.4 Å². The van der Waals surface area contributed by atoms with E-state index >= 15 is 0 Å². The third kappa shape index (κ3) is 26.8. The number of aromatic hydroxyl groups is 4. The van der Waals surface area contributed by atoms with E-state index in [2.05, 4.69) is 149 Å². The van der Waals surface area contributed by atoms with Gasteiger partial charge in [0.05, 0.1) is 54.2 Å². The molecule has 0 fully saturated rings. The number of phenolic OH excluding ortho intramolecular Hbond substituents is 4. The van der Waals surface area contributed by atoms with Crippen molar-refractivity contribution in [1.29, 1.82) is 0 Å². The summed E-state index contributed by atoms with van der Waals surface area (Å²) in [7, 11) is -21.1. The number of phenols is 4. The predicted octanol–water partition coefficient (Wildman–Crippen LogP) is 9.01. The number of fused-ring (bicyclic) bond motifs is 2. The van der Waals surface area contributed by atoms with Gasteiger partial charge in [0.2, 0.25) is 0 Å². The van der Waals surface area contributed by atoms with Crippen LogP contribution in [0.15, 0.2) is 218 Å². The van der Waals surface area contributed by atoms with Crippen molar-refractivity contribution in [2.75, 3.05) is 58.2 Å². The van der Waals surface area contributed by atoms with Crippen molar-refractivity contribution in [2.45, 2.75) is 31.7 Å². The van der Waals surface area contributed by atoms with E-state index in [1.807, 2.05) is 24.3 Å². The fraction of sp³-hybridized carbons (Fsp3) is 0.0789. The summed E-state index contributed by atoms with van der Waals surface area (Å²) >= 11 is 33.7. The van der Waals surface area contributed by atoms with Crippen LogP contribution in [0.1, 0.15) is 33.4 Å². The van der Waals surface area contributed by atoms with Gasteiger partial charge in [-0.2, -0.15) is 10.2 Å². The van der Waals surface area contributed by atoms with E-state index in [4.69, 9.17) is 53.6 Å². The van der Waals surface area contributed by atoms with Crippen LogP contribution in [0.2, 0.25) is 0 Å². The lowest BCUT2D eigenvalue weighted by atomic mass is 10.1. The molecule has 49 heteroatoms. The topological polar surface area (TPSA) is 580 Å². The zero-order chi connectivity index (χ0) is 90.8. The smallest absolute Gasteiger partial charge is 0.272 e. The Kier molecular flexibility index (Phi) is 32.5. The van der Waals surface area contributed by atoms with Crippen molar-refractivity contribution >= 4 is 290 Å². The molecule has 0 heterocycles. The Balaban J connectivity index is 0.679. The molecule has 0 aliphatic heterocycles. The maximum Gasteiger partial charge on any atom is 0.272 e. The molecule has 0 saturated heterocycles. The van der Waals surface area contributed by atoms with Gasteiger partial charge in [-0.15, -0.1) is 0 Å². The maximum atomic E-state index is 13.7. The van der Waals surface area contributed by atoms with Gasteiger partial charge in [-0.1, -0.05) is 109 Å². The number of halogens is 4. The summed E-state index contributed by atoms with van der Waals surface area (Å²) in [6, 6.07) is 37.4. The van der Waals surface area contributed by atoms with Gasteiger partial charge in [-0.25, -0.2) is 44.5 Å². The van der Waals surface area contributed by atoms with Crippen molar-refractivity contribution in [3.05, 3.63) is 221 Å². The highest BCUT2D eigenvalue weighted by atomic mass is 79.9. The number of hydrazone groups is 2. The van der Waals surface area contributed by atoms with Gasteiger partial charge in [0.1, 0.15) is 72.4 Å². The molecule has 0 aliphatic carbocycles. The molecule has 2 atom stereocenters. The molecule has 0 bridgehead atoms. The van der Waals surface area contributed by atoms with E-state index in [1.54, 1.807) is 60.7 Å². The summed E-state index contributed by atoms with van der Waals surface area (Å²) in [6.07, 6.45) is 6.38.